The number of aliphatic hydroxyl groups is 1. The number of carbonyl (C=O) groups is 2. The van der Waals surface area contributed by atoms with E-state index in [9.17, 15) is 23.1 Å². The molecule has 152 valence electrons. The van der Waals surface area contributed by atoms with Crippen molar-refractivity contribution in [3.63, 3.8) is 0 Å². The number of Topliss-reactive ketones (excluding diaryl/α,β-unsaturated/α-hetero) is 1. The van der Waals surface area contributed by atoms with Crippen LogP contribution in [0.15, 0.2) is 87.8 Å². The van der Waals surface area contributed by atoms with E-state index in [4.69, 9.17) is 9.56 Å². The molecule has 2 aromatic heterocycles. The number of carbonyl (C=O) groups excluding carboxylic acids is 2. The molecule has 0 saturated carbocycles. The van der Waals surface area contributed by atoms with Crippen molar-refractivity contribution in [2.24, 2.45) is 5.14 Å². The molecule has 0 saturated heterocycles. The van der Waals surface area contributed by atoms with Gasteiger partial charge in [0.1, 0.15) is 0 Å². The first kappa shape index (κ1) is 19.6. The summed E-state index contributed by atoms with van der Waals surface area (Å²) in [6.07, 6.45) is 4.30. The minimum Gasteiger partial charge on any atom is -0.503 e. The van der Waals surface area contributed by atoms with E-state index in [1.54, 1.807) is 12.1 Å². The molecule has 1 aromatic carbocycles. The number of primary sulfonamides is 1. The lowest BCUT2D eigenvalue weighted by Crippen LogP contribution is -2.31. The van der Waals surface area contributed by atoms with Crippen molar-refractivity contribution >= 4 is 27.4 Å². The smallest absolute Gasteiger partial charge is 0.294 e. The minimum atomic E-state index is -3.92. The summed E-state index contributed by atoms with van der Waals surface area (Å²) in [5.41, 5.74) is 0.632. The Labute approximate surface area is 171 Å². The molecule has 3 heterocycles. The molecule has 1 amide bonds. The molecular weight excluding hydrogens is 410 g/mol. The fourth-order valence-corrected chi connectivity index (χ4v) is 3.82. The quantitative estimate of drug-likeness (QED) is 0.596. The highest BCUT2D eigenvalue weighted by Gasteiger charge is 2.45. The molecule has 0 aliphatic carbocycles. The molecule has 3 N–H and O–H groups in total. The van der Waals surface area contributed by atoms with Gasteiger partial charge in [0.2, 0.25) is 15.8 Å². The van der Waals surface area contributed by atoms with Crippen molar-refractivity contribution in [3.8, 4) is 0 Å². The Balaban J connectivity index is 1.85. The number of hydrogen-bond acceptors (Lipinski definition) is 7. The van der Waals surface area contributed by atoms with E-state index < -0.39 is 33.5 Å². The Morgan fingerprint density at radius 1 is 1.10 bits per heavy atom. The number of rotatable bonds is 5. The number of aromatic nitrogens is 1. The normalized spacial score (nSPS) is 16.9. The lowest BCUT2D eigenvalue weighted by molar-refractivity contribution is -0.117. The molecule has 9 nitrogen and oxygen atoms in total. The van der Waals surface area contributed by atoms with Gasteiger partial charge in [0, 0.05) is 18.1 Å². The lowest BCUT2D eigenvalue weighted by atomic mass is 9.95. The van der Waals surface area contributed by atoms with Crippen LogP contribution in [-0.2, 0) is 14.8 Å². The van der Waals surface area contributed by atoms with Gasteiger partial charge in [-0.1, -0.05) is 0 Å². The number of hydrogen-bond donors (Lipinski definition) is 2. The summed E-state index contributed by atoms with van der Waals surface area (Å²) in [7, 11) is -3.92. The molecule has 10 heteroatoms. The van der Waals surface area contributed by atoms with Gasteiger partial charge in [0.25, 0.3) is 5.91 Å². The van der Waals surface area contributed by atoms with Gasteiger partial charge in [-0.3, -0.25) is 19.5 Å². The number of aliphatic hydroxyl groups excluding tert-OH is 1. The molecule has 0 bridgehead atoms. The molecule has 1 aliphatic rings. The van der Waals surface area contributed by atoms with Gasteiger partial charge in [-0.15, -0.1) is 0 Å². The van der Waals surface area contributed by atoms with Crippen molar-refractivity contribution in [3.05, 3.63) is 89.8 Å². The first-order chi connectivity index (χ1) is 14.3. The summed E-state index contributed by atoms with van der Waals surface area (Å²) in [6.45, 7) is 0. The maximum absolute atomic E-state index is 13.0. The van der Waals surface area contributed by atoms with Crippen LogP contribution in [-0.4, -0.2) is 30.2 Å². The Bertz CT molecular complexity index is 1250. The maximum Gasteiger partial charge on any atom is 0.294 e. The van der Waals surface area contributed by atoms with E-state index in [2.05, 4.69) is 4.98 Å². The van der Waals surface area contributed by atoms with Gasteiger partial charge in [-0.2, -0.15) is 0 Å². The highest BCUT2D eigenvalue weighted by molar-refractivity contribution is 7.89. The second-order valence-electron chi connectivity index (χ2n) is 6.47. The first-order valence-corrected chi connectivity index (χ1v) is 10.2. The molecule has 3 aromatic rings. The van der Waals surface area contributed by atoms with Crippen LogP contribution < -0.4 is 10.0 Å². The summed E-state index contributed by atoms with van der Waals surface area (Å²) in [6, 6.07) is 10.4. The molecule has 0 radical (unpaired) electrons. The number of nitrogens with zero attached hydrogens (tertiary/aromatic N) is 2. The average Bonchev–Trinajstić information content (AvgIpc) is 3.35. The van der Waals surface area contributed by atoms with Crippen molar-refractivity contribution < 1.29 is 27.5 Å². The summed E-state index contributed by atoms with van der Waals surface area (Å²) < 4.78 is 28.2. The number of benzene rings is 1. The Morgan fingerprint density at radius 3 is 2.33 bits per heavy atom. The average molecular weight is 425 g/mol. The van der Waals surface area contributed by atoms with Crippen LogP contribution in [0.2, 0.25) is 0 Å². The topological polar surface area (TPSA) is 144 Å². The van der Waals surface area contributed by atoms with Crippen LogP contribution in [0.3, 0.4) is 0 Å². The second kappa shape index (κ2) is 7.25. The van der Waals surface area contributed by atoms with Gasteiger partial charge in [-0.05, 0) is 54.1 Å². The molecule has 1 aliphatic heterocycles. The first-order valence-electron chi connectivity index (χ1n) is 8.66. The zero-order chi connectivity index (χ0) is 21.5. The zero-order valence-corrected chi connectivity index (χ0v) is 16.1. The number of amides is 1. The highest BCUT2D eigenvalue weighted by Crippen LogP contribution is 2.41. The molecule has 1 atom stereocenters. The molecule has 0 spiro atoms. The van der Waals surface area contributed by atoms with E-state index >= 15 is 0 Å². The fourth-order valence-electron chi connectivity index (χ4n) is 3.30. The van der Waals surface area contributed by atoms with Crippen LogP contribution >= 0.6 is 0 Å². The Hall–Kier alpha value is -3.76. The van der Waals surface area contributed by atoms with Crippen molar-refractivity contribution in [1.82, 2.24) is 4.98 Å². The third-order valence-corrected chi connectivity index (χ3v) is 5.59. The summed E-state index contributed by atoms with van der Waals surface area (Å²) in [4.78, 5) is 31.0. The lowest BCUT2D eigenvalue weighted by Gasteiger charge is -2.26. The molecule has 0 fully saturated rings. The van der Waals surface area contributed by atoms with Crippen LogP contribution in [0.4, 0.5) is 5.69 Å². The van der Waals surface area contributed by atoms with Gasteiger partial charge >= 0.3 is 0 Å². The SMILES string of the molecule is NS(=O)(=O)c1ccc(N2C(=O)C(O)=C(C(=O)c3ccco3)C2c2ccncc2)cc1. The van der Waals surface area contributed by atoms with Crippen molar-refractivity contribution in [2.45, 2.75) is 10.9 Å². The van der Waals surface area contributed by atoms with E-state index in [1.165, 1.54) is 60.0 Å². The van der Waals surface area contributed by atoms with Gasteiger partial charge in [0.05, 0.1) is 22.8 Å². The van der Waals surface area contributed by atoms with Crippen LogP contribution in [0.25, 0.3) is 0 Å². The highest BCUT2D eigenvalue weighted by atomic mass is 32.2. The minimum absolute atomic E-state index is 0.0326. The van der Waals surface area contributed by atoms with E-state index in [0.717, 1.165) is 0 Å². The van der Waals surface area contributed by atoms with Gasteiger partial charge in [-0.25, -0.2) is 13.6 Å². The van der Waals surface area contributed by atoms with Gasteiger partial charge < -0.3 is 9.52 Å². The van der Waals surface area contributed by atoms with E-state index in [-0.39, 0.29) is 21.9 Å². The molecule has 30 heavy (non-hydrogen) atoms. The summed E-state index contributed by atoms with van der Waals surface area (Å²) >= 11 is 0. The zero-order valence-electron chi connectivity index (χ0n) is 15.3. The van der Waals surface area contributed by atoms with Gasteiger partial charge in [0.15, 0.2) is 11.5 Å². The van der Waals surface area contributed by atoms with Crippen LogP contribution in [0.5, 0.6) is 0 Å². The van der Waals surface area contributed by atoms with Crippen LogP contribution in [0.1, 0.15) is 22.2 Å². The molecule has 4 rings (SSSR count). The largest absolute Gasteiger partial charge is 0.503 e. The third kappa shape index (κ3) is 3.27. The number of sulfonamides is 1. The summed E-state index contributed by atoms with van der Waals surface area (Å²) in [5, 5.41) is 15.7. The number of furan rings is 1. The Kier molecular flexibility index (Phi) is 4.72. The molecular formula is C20H15N3O6S. The van der Waals surface area contributed by atoms with Crippen molar-refractivity contribution in [1.29, 1.82) is 0 Å². The second-order valence-corrected chi connectivity index (χ2v) is 8.03. The Morgan fingerprint density at radius 2 is 1.77 bits per heavy atom. The van der Waals surface area contributed by atoms with Crippen molar-refractivity contribution in [2.75, 3.05) is 4.90 Å². The number of ketones is 1. The van der Waals surface area contributed by atoms with E-state index in [1.807, 2.05) is 0 Å². The third-order valence-electron chi connectivity index (χ3n) is 4.66. The predicted molar refractivity (Wildman–Crippen MR) is 105 cm³/mol. The molecule has 1 unspecified atom stereocenters. The predicted octanol–water partition coefficient (Wildman–Crippen LogP) is 2.10. The number of pyridine rings is 1. The number of nitrogens with two attached hydrogens (primary N) is 1. The van der Waals surface area contributed by atoms with Crippen LogP contribution in [0, 0.1) is 0 Å². The summed E-state index contributed by atoms with van der Waals surface area (Å²) in [5.74, 6) is -2.20. The standard InChI is InChI=1S/C20H15N3O6S/c21-30(27,28)14-5-3-13(4-6-14)23-17(12-7-9-22-10-8-12)16(19(25)20(23)26)18(24)15-2-1-11-29-15/h1-11,17,25H,(H2,21,27,28). The van der Waals surface area contributed by atoms with E-state index in [0.29, 0.717) is 5.56 Å². The fraction of sp³-hybridized carbons (Fsp3) is 0.0500. The monoisotopic (exact) mass is 425 g/mol. The number of anilines is 1. The maximum atomic E-state index is 13.0.